The average molecular weight is 483 g/mol. The second-order valence-electron chi connectivity index (χ2n) is 9.78. The van der Waals surface area contributed by atoms with Crippen molar-refractivity contribution in [3.8, 4) is 0 Å². The van der Waals surface area contributed by atoms with E-state index in [9.17, 15) is 9.90 Å². The van der Waals surface area contributed by atoms with Crippen LogP contribution in [0.4, 0.5) is 16.2 Å². The number of aliphatic hydroxyl groups excluding tert-OH is 1. The van der Waals surface area contributed by atoms with Crippen LogP contribution in [0.15, 0.2) is 108 Å². The number of amides is 1. The Morgan fingerprint density at radius 3 is 2.33 bits per heavy atom. The molecule has 1 heterocycles. The third-order valence-electron chi connectivity index (χ3n) is 7.23. The van der Waals surface area contributed by atoms with Gasteiger partial charge in [-0.15, -0.1) is 0 Å². The van der Waals surface area contributed by atoms with Gasteiger partial charge in [0.25, 0.3) is 0 Å². The highest BCUT2D eigenvalue weighted by molar-refractivity contribution is 5.73. The molecular weight excluding hydrogens is 448 g/mol. The minimum absolute atomic E-state index is 0.194. The molecule has 1 aliphatic heterocycles. The van der Waals surface area contributed by atoms with E-state index in [2.05, 4.69) is 78.6 Å². The largest absolute Gasteiger partial charge is 0.417 e. The monoisotopic (exact) mass is 482 g/mol. The molecule has 1 saturated heterocycles. The summed E-state index contributed by atoms with van der Waals surface area (Å²) in [6.07, 6.45) is 13.1. The van der Waals surface area contributed by atoms with Crippen molar-refractivity contribution in [2.45, 2.75) is 51.7 Å². The van der Waals surface area contributed by atoms with Gasteiger partial charge in [-0.25, -0.2) is 4.79 Å². The third kappa shape index (κ3) is 5.31. The number of rotatable bonds is 7. The summed E-state index contributed by atoms with van der Waals surface area (Å²) in [5.41, 5.74) is 5.83. The molecular formula is C31H34N2O3. The van der Waals surface area contributed by atoms with Crippen LogP contribution in [0.1, 0.15) is 45.4 Å². The van der Waals surface area contributed by atoms with Crippen LogP contribution < -0.4 is 4.90 Å². The Morgan fingerprint density at radius 2 is 1.72 bits per heavy atom. The predicted molar refractivity (Wildman–Crippen MR) is 143 cm³/mol. The Kier molecular flexibility index (Phi) is 7.38. The molecule has 0 aromatic heterocycles. The number of nitrogens with zero attached hydrogens (tertiary/aromatic N) is 2. The number of aliphatic hydroxyl groups is 1. The molecule has 2 aromatic rings. The van der Waals surface area contributed by atoms with E-state index in [1.807, 2.05) is 18.2 Å². The van der Waals surface area contributed by atoms with E-state index in [4.69, 9.17) is 4.74 Å². The second kappa shape index (κ2) is 11.0. The van der Waals surface area contributed by atoms with Gasteiger partial charge in [-0.3, -0.25) is 4.90 Å². The summed E-state index contributed by atoms with van der Waals surface area (Å²) in [4.78, 5) is 16.2. The number of allylic oxidation sites excluding steroid dienone is 6. The lowest BCUT2D eigenvalue weighted by Gasteiger charge is -2.31. The first-order valence-electron chi connectivity index (χ1n) is 13.0. The van der Waals surface area contributed by atoms with E-state index in [1.165, 1.54) is 29.0 Å². The maximum atomic E-state index is 12.5. The fourth-order valence-electron chi connectivity index (χ4n) is 5.19. The van der Waals surface area contributed by atoms with Gasteiger partial charge in [0.15, 0.2) is 12.0 Å². The van der Waals surface area contributed by atoms with E-state index >= 15 is 0 Å². The lowest BCUT2D eigenvalue weighted by atomic mass is 9.89. The lowest BCUT2D eigenvalue weighted by Crippen LogP contribution is -2.33. The van der Waals surface area contributed by atoms with Crippen LogP contribution in [0.3, 0.4) is 0 Å². The van der Waals surface area contributed by atoms with Crippen molar-refractivity contribution in [1.29, 1.82) is 0 Å². The quantitative estimate of drug-likeness (QED) is 0.423. The molecule has 5 rings (SSSR count). The Balaban J connectivity index is 1.35. The van der Waals surface area contributed by atoms with Crippen LogP contribution in [-0.4, -0.2) is 28.9 Å². The molecule has 36 heavy (non-hydrogen) atoms. The summed E-state index contributed by atoms with van der Waals surface area (Å²) in [6.45, 7) is 2.64. The van der Waals surface area contributed by atoms with Crippen molar-refractivity contribution in [3.63, 3.8) is 0 Å². The number of hydrogen-bond donors (Lipinski definition) is 1. The topological polar surface area (TPSA) is 53.0 Å². The van der Waals surface area contributed by atoms with Gasteiger partial charge in [-0.1, -0.05) is 61.0 Å². The van der Waals surface area contributed by atoms with Crippen molar-refractivity contribution in [3.05, 3.63) is 108 Å². The van der Waals surface area contributed by atoms with Gasteiger partial charge < -0.3 is 14.7 Å². The van der Waals surface area contributed by atoms with Gasteiger partial charge >= 0.3 is 6.09 Å². The average Bonchev–Trinajstić information content (AvgIpc) is 3.18. The fourth-order valence-corrected chi connectivity index (χ4v) is 5.19. The molecule has 3 aliphatic rings. The Morgan fingerprint density at radius 1 is 1.03 bits per heavy atom. The molecule has 2 atom stereocenters. The number of anilines is 2. The zero-order valence-electron chi connectivity index (χ0n) is 20.8. The summed E-state index contributed by atoms with van der Waals surface area (Å²) < 4.78 is 5.50. The van der Waals surface area contributed by atoms with Gasteiger partial charge in [-0.2, -0.15) is 0 Å². The molecule has 0 saturated carbocycles. The molecule has 0 spiro atoms. The molecule has 5 nitrogen and oxygen atoms in total. The smallest absolute Gasteiger partial charge is 0.410 e. The number of para-hydroxylation sites is 2. The van der Waals surface area contributed by atoms with Crippen molar-refractivity contribution in [2.75, 3.05) is 11.4 Å². The molecule has 5 heteroatoms. The van der Waals surface area contributed by atoms with E-state index in [0.29, 0.717) is 12.3 Å². The second-order valence-corrected chi connectivity index (χ2v) is 9.78. The highest BCUT2D eigenvalue weighted by Gasteiger charge is 2.36. The minimum atomic E-state index is -1.04. The molecule has 2 aliphatic carbocycles. The zero-order valence-corrected chi connectivity index (χ0v) is 20.8. The highest BCUT2D eigenvalue weighted by Crippen LogP contribution is 2.37. The van der Waals surface area contributed by atoms with E-state index in [1.54, 1.807) is 0 Å². The van der Waals surface area contributed by atoms with Crippen molar-refractivity contribution in [2.24, 2.45) is 5.92 Å². The maximum Gasteiger partial charge on any atom is 0.417 e. The van der Waals surface area contributed by atoms with Crippen LogP contribution in [0.5, 0.6) is 0 Å². The van der Waals surface area contributed by atoms with Crippen molar-refractivity contribution < 1.29 is 14.6 Å². The van der Waals surface area contributed by atoms with E-state index in [0.717, 1.165) is 42.6 Å². The molecule has 0 bridgehead atoms. The number of carbonyl (C=O) groups excluding carboxylic acids is 1. The first-order chi connectivity index (χ1) is 17.6. The fraction of sp³-hybridized carbons (Fsp3) is 0.323. The molecule has 1 N–H and O–H groups in total. The number of hydrogen-bond acceptors (Lipinski definition) is 4. The summed E-state index contributed by atoms with van der Waals surface area (Å²) in [5.74, 6) is 0.510. The molecule has 2 unspecified atom stereocenters. The third-order valence-corrected chi connectivity index (χ3v) is 7.23. The van der Waals surface area contributed by atoms with E-state index in [-0.39, 0.29) is 5.92 Å². The number of carbonyl (C=O) groups is 1. The Bertz CT molecular complexity index is 1160. The predicted octanol–water partition coefficient (Wildman–Crippen LogP) is 7.22. The van der Waals surface area contributed by atoms with E-state index < -0.39 is 12.3 Å². The van der Waals surface area contributed by atoms with Crippen molar-refractivity contribution in [1.82, 2.24) is 4.90 Å². The zero-order chi connectivity index (χ0) is 24.9. The summed E-state index contributed by atoms with van der Waals surface area (Å²) >= 11 is 0. The molecule has 2 aromatic carbocycles. The normalized spacial score (nSPS) is 23.2. The minimum Gasteiger partial charge on any atom is -0.410 e. The molecule has 0 radical (unpaired) electrons. The SMILES string of the molecule is CC1CC(N(c2ccccc2)c2ccccc2)=CC=C1/C=C1/OC(=O)N(CCC2=CCCCC2)C1O. The van der Waals surface area contributed by atoms with Gasteiger partial charge in [0.05, 0.1) is 0 Å². The first kappa shape index (κ1) is 24.1. The summed E-state index contributed by atoms with van der Waals surface area (Å²) in [5, 5.41) is 10.8. The number of cyclic esters (lactones) is 1. The molecule has 186 valence electrons. The maximum absolute atomic E-state index is 12.5. The Labute approximate surface area is 213 Å². The lowest BCUT2D eigenvalue weighted by molar-refractivity contribution is 0.0812. The molecule has 1 fully saturated rings. The summed E-state index contributed by atoms with van der Waals surface area (Å²) in [6, 6.07) is 20.7. The number of ether oxygens (including phenoxy) is 1. The van der Waals surface area contributed by atoms with Crippen LogP contribution in [0, 0.1) is 5.92 Å². The van der Waals surface area contributed by atoms with Crippen LogP contribution in [-0.2, 0) is 4.74 Å². The molecule has 1 amide bonds. The highest BCUT2D eigenvalue weighted by atomic mass is 16.6. The van der Waals surface area contributed by atoms with Gasteiger partial charge in [0.2, 0.25) is 0 Å². The first-order valence-corrected chi connectivity index (χ1v) is 13.0. The number of benzene rings is 2. The van der Waals surface area contributed by atoms with Gasteiger partial charge in [0, 0.05) is 23.6 Å². The van der Waals surface area contributed by atoms with Crippen LogP contribution >= 0.6 is 0 Å². The van der Waals surface area contributed by atoms with Crippen LogP contribution in [0.25, 0.3) is 0 Å². The van der Waals surface area contributed by atoms with Gasteiger partial charge in [-0.05, 0) is 86.4 Å². The van der Waals surface area contributed by atoms with Crippen LogP contribution in [0.2, 0.25) is 0 Å². The van der Waals surface area contributed by atoms with Crippen molar-refractivity contribution >= 4 is 17.5 Å². The van der Waals surface area contributed by atoms with Gasteiger partial charge in [0.1, 0.15) is 0 Å². The summed E-state index contributed by atoms with van der Waals surface area (Å²) in [7, 11) is 0. The Hall–Kier alpha value is -3.57. The standard InChI is InChI=1S/C31H34N2O3/c1-23-21-28(33(26-13-7-3-8-14-26)27-15-9-4-10-16-27)18-17-25(23)22-29-30(34)32(31(35)36-29)20-19-24-11-5-2-6-12-24/h3-4,7-11,13-18,22-23,30,34H,2,5-6,12,19-21H2,1H3/b29-22+.